The highest BCUT2D eigenvalue weighted by Gasteiger charge is 2.83. The molecule has 0 bridgehead atoms. The molecule has 0 spiro atoms. The summed E-state index contributed by atoms with van der Waals surface area (Å²) < 4.78 is 6.69. The van der Waals surface area contributed by atoms with Crippen molar-refractivity contribution in [2.75, 3.05) is 0 Å². The average Bonchev–Trinajstić information content (AvgIpc) is 2.98. The molecule has 136 valence electrons. The van der Waals surface area contributed by atoms with Crippen molar-refractivity contribution in [2.45, 2.75) is 26.2 Å². The molecule has 3 nitrogen and oxygen atoms in total. The van der Waals surface area contributed by atoms with Crippen LogP contribution in [0.25, 0.3) is 0 Å². The molecule has 0 unspecified atom stereocenters. The predicted octanol–water partition coefficient (Wildman–Crippen LogP) is 6.48. The summed E-state index contributed by atoms with van der Waals surface area (Å²) in [6.45, 7) is 5.79. The van der Waals surface area contributed by atoms with Crippen LogP contribution in [0.3, 0.4) is 0 Å². The Balaban J connectivity index is 2.09. The highest BCUT2D eigenvalue weighted by molar-refractivity contribution is 9.28. The van der Waals surface area contributed by atoms with E-state index in [-0.39, 0.29) is 0 Å². The molecule has 26 heavy (non-hydrogen) atoms. The lowest BCUT2D eigenvalue weighted by Crippen LogP contribution is -2.22. The van der Waals surface area contributed by atoms with E-state index in [0.29, 0.717) is 5.75 Å². The van der Waals surface area contributed by atoms with Gasteiger partial charge in [0.15, 0.2) is 0 Å². The van der Waals surface area contributed by atoms with E-state index >= 15 is 0 Å². The number of carbonyl (C=O) groups is 1. The summed E-state index contributed by atoms with van der Waals surface area (Å²) in [6.07, 6.45) is 1.95. The topological polar surface area (TPSA) is 46.5 Å². The molecule has 0 radical (unpaired) electrons. The Hall–Kier alpha value is -1.59. The molecule has 1 aliphatic rings. The highest BCUT2D eigenvalue weighted by atomic mass is 79.9. The van der Waals surface area contributed by atoms with Crippen LogP contribution in [0.15, 0.2) is 64.1 Å². The van der Waals surface area contributed by atoms with Crippen molar-refractivity contribution in [3.8, 4) is 11.5 Å². The van der Waals surface area contributed by atoms with Gasteiger partial charge in [0.1, 0.15) is 11.5 Å². The second-order valence-electron chi connectivity index (χ2n) is 7.24. The molecule has 0 aromatic heterocycles. The largest absolute Gasteiger partial charge is 0.481 e. The number of halogens is 2. The monoisotopic (exact) mass is 478 g/mol. The van der Waals surface area contributed by atoms with Gasteiger partial charge in [0, 0.05) is 5.41 Å². The third kappa shape index (κ3) is 2.64. The van der Waals surface area contributed by atoms with E-state index < -0.39 is 22.2 Å². The first-order chi connectivity index (χ1) is 12.2. The van der Waals surface area contributed by atoms with Crippen molar-refractivity contribution in [1.29, 1.82) is 0 Å². The zero-order valence-corrected chi connectivity index (χ0v) is 18.0. The summed E-state index contributed by atoms with van der Waals surface area (Å²) in [6, 6.07) is 17.2. The van der Waals surface area contributed by atoms with Crippen LogP contribution in [0, 0.1) is 10.8 Å². The van der Waals surface area contributed by atoms with Gasteiger partial charge in [-0.25, -0.2) is 0 Å². The molecule has 2 aromatic rings. The minimum absolute atomic E-state index is 0.468. The summed E-state index contributed by atoms with van der Waals surface area (Å²) in [7, 11) is 0. The predicted molar refractivity (Wildman–Crippen MR) is 110 cm³/mol. The normalized spacial score (nSPS) is 26.0. The minimum Gasteiger partial charge on any atom is -0.481 e. The van der Waals surface area contributed by atoms with Gasteiger partial charge in [-0.2, -0.15) is 0 Å². The molecule has 1 fully saturated rings. The number of para-hydroxylation sites is 1. The summed E-state index contributed by atoms with van der Waals surface area (Å²) in [4.78, 5) is 12.2. The second kappa shape index (κ2) is 6.54. The van der Waals surface area contributed by atoms with Crippen molar-refractivity contribution >= 4 is 37.8 Å². The van der Waals surface area contributed by atoms with Gasteiger partial charge >= 0.3 is 5.97 Å². The van der Waals surface area contributed by atoms with Gasteiger partial charge in [-0.1, -0.05) is 50.3 Å². The van der Waals surface area contributed by atoms with Gasteiger partial charge in [0.05, 0.1) is 8.81 Å². The maximum absolute atomic E-state index is 12.2. The van der Waals surface area contributed by atoms with E-state index in [1.807, 2.05) is 74.5 Å². The van der Waals surface area contributed by atoms with Crippen LogP contribution in [-0.2, 0) is 10.2 Å². The van der Waals surface area contributed by atoms with Gasteiger partial charge in [0.25, 0.3) is 0 Å². The van der Waals surface area contributed by atoms with Crippen molar-refractivity contribution in [3.05, 3.63) is 69.6 Å². The molecule has 0 saturated heterocycles. The Morgan fingerprint density at radius 1 is 1.00 bits per heavy atom. The van der Waals surface area contributed by atoms with E-state index in [2.05, 4.69) is 31.9 Å². The number of hydrogen-bond donors (Lipinski definition) is 1. The zero-order chi connectivity index (χ0) is 19.2. The number of ether oxygens (including phenoxy) is 1. The molecule has 3 rings (SSSR count). The summed E-state index contributed by atoms with van der Waals surface area (Å²) in [5, 5.41) is 9.97. The van der Waals surface area contributed by atoms with Gasteiger partial charge in [-0.15, -0.1) is 0 Å². The fourth-order valence-electron chi connectivity index (χ4n) is 4.22. The van der Waals surface area contributed by atoms with Crippen LogP contribution in [0.5, 0.6) is 11.5 Å². The third-order valence-electron chi connectivity index (χ3n) is 5.98. The molecule has 0 amide bonds. The van der Waals surface area contributed by atoms with Gasteiger partial charge < -0.3 is 9.84 Å². The van der Waals surface area contributed by atoms with E-state index in [1.54, 1.807) is 6.92 Å². The molecule has 0 aliphatic heterocycles. The molecule has 1 aliphatic carbocycles. The number of carboxylic acids is 1. The van der Waals surface area contributed by atoms with Crippen LogP contribution in [0.1, 0.15) is 26.3 Å². The molecular weight excluding hydrogens is 460 g/mol. The first-order valence-electron chi connectivity index (χ1n) is 8.27. The van der Waals surface area contributed by atoms with Gasteiger partial charge in [-0.05, 0) is 74.0 Å². The van der Waals surface area contributed by atoms with Gasteiger partial charge in [-0.3, -0.25) is 4.79 Å². The number of rotatable bonds is 5. The minimum atomic E-state index is -0.932. The number of carboxylic acid groups (broad SMARTS) is 1. The molecule has 2 atom stereocenters. The van der Waals surface area contributed by atoms with Crippen molar-refractivity contribution in [3.63, 3.8) is 0 Å². The average molecular weight is 480 g/mol. The smallest absolute Gasteiger partial charge is 0.311 e. The Bertz CT molecular complexity index is 872. The van der Waals surface area contributed by atoms with Crippen LogP contribution in [0.2, 0.25) is 0 Å². The summed E-state index contributed by atoms with van der Waals surface area (Å²) in [5.41, 5.74) is -1.15. The SMILES string of the molecule is CC1(C)[C@@](C)(C(=O)O)[C@]1(C=C(Br)Br)c1cccc(Oc2ccccc2)c1. The van der Waals surface area contributed by atoms with E-state index in [1.165, 1.54) is 0 Å². The summed E-state index contributed by atoms with van der Waals surface area (Å²) >= 11 is 6.85. The van der Waals surface area contributed by atoms with Crippen molar-refractivity contribution in [2.24, 2.45) is 10.8 Å². The van der Waals surface area contributed by atoms with Crippen LogP contribution < -0.4 is 4.74 Å². The fraction of sp³-hybridized carbons (Fsp3) is 0.286. The zero-order valence-electron chi connectivity index (χ0n) is 14.8. The molecule has 1 N–H and O–H groups in total. The van der Waals surface area contributed by atoms with Crippen LogP contribution in [-0.4, -0.2) is 11.1 Å². The molecule has 5 heteroatoms. The molecule has 1 saturated carbocycles. The van der Waals surface area contributed by atoms with E-state index in [9.17, 15) is 9.90 Å². The van der Waals surface area contributed by atoms with Crippen LogP contribution in [0.4, 0.5) is 0 Å². The number of benzene rings is 2. The lowest BCUT2D eigenvalue weighted by Gasteiger charge is -2.19. The van der Waals surface area contributed by atoms with Crippen molar-refractivity contribution < 1.29 is 14.6 Å². The maximum atomic E-state index is 12.2. The Labute approximate surface area is 170 Å². The Morgan fingerprint density at radius 2 is 1.62 bits per heavy atom. The number of allylic oxidation sites excluding steroid dienone is 1. The van der Waals surface area contributed by atoms with E-state index in [4.69, 9.17) is 4.74 Å². The van der Waals surface area contributed by atoms with Gasteiger partial charge in [0.2, 0.25) is 0 Å². The number of hydrogen-bond acceptors (Lipinski definition) is 2. The Kier molecular flexibility index (Phi) is 4.82. The molecule has 2 aromatic carbocycles. The standard InChI is InChI=1S/C21H20Br2O3/c1-19(2)20(3,18(24)25)21(19,13-17(22)23)14-8-7-11-16(12-14)26-15-9-5-4-6-10-15/h4-13H,1-3H3,(H,24,25)/t20-,21-/m1/s1. The first-order valence-corrected chi connectivity index (χ1v) is 9.86. The fourth-order valence-corrected chi connectivity index (χ4v) is 4.91. The van der Waals surface area contributed by atoms with Crippen LogP contribution >= 0.6 is 31.9 Å². The lowest BCUT2D eigenvalue weighted by atomic mass is 9.85. The highest BCUT2D eigenvalue weighted by Crippen LogP contribution is 2.79. The first kappa shape index (κ1) is 19.2. The quantitative estimate of drug-likeness (QED) is 0.533. The number of aliphatic carboxylic acids is 1. The molecule has 0 heterocycles. The van der Waals surface area contributed by atoms with Crippen molar-refractivity contribution in [1.82, 2.24) is 0 Å². The summed E-state index contributed by atoms with van der Waals surface area (Å²) in [5.74, 6) is 0.615. The van der Waals surface area contributed by atoms with E-state index in [0.717, 1.165) is 14.7 Å². The lowest BCUT2D eigenvalue weighted by molar-refractivity contribution is -0.144. The maximum Gasteiger partial charge on any atom is 0.311 e. The third-order valence-corrected chi connectivity index (χ3v) is 6.44. The Morgan fingerprint density at radius 3 is 2.15 bits per heavy atom. The second-order valence-corrected chi connectivity index (χ2v) is 10.0. The molecular formula is C21H20Br2O3.